The van der Waals surface area contributed by atoms with Gasteiger partial charge < -0.3 is 9.73 Å². The van der Waals surface area contributed by atoms with Crippen LogP contribution in [0.4, 0.5) is 0 Å². The Morgan fingerprint density at radius 2 is 1.88 bits per heavy atom. The van der Waals surface area contributed by atoms with E-state index in [9.17, 15) is 13.2 Å². The van der Waals surface area contributed by atoms with Gasteiger partial charge in [0.1, 0.15) is 15.4 Å². The van der Waals surface area contributed by atoms with Crippen molar-refractivity contribution in [1.29, 1.82) is 0 Å². The van der Waals surface area contributed by atoms with Gasteiger partial charge in [-0.05, 0) is 62.4 Å². The normalized spacial score (nSPS) is 21.8. The first-order chi connectivity index (χ1) is 11.2. The van der Waals surface area contributed by atoms with Crippen molar-refractivity contribution in [2.75, 3.05) is 6.26 Å². The van der Waals surface area contributed by atoms with Gasteiger partial charge in [0, 0.05) is 17.7 Å². The number of aryl methyl sites for hydroxylation is 2. The summed E-state index contributed by atoms with van der Waals surface area (Å²) in [4.78, 5) is 12.5. The Bertz CT molecular complexity index is 843. The maximum Gasteiger partial charge on any atom is 0.287 e. The number of fused-ring (bicyclic) bond motifs is 1. The third-order valence-electron chi connectivity index (χ3n) is 4.92. The fourth-order valence-corrected chi connectivity index (χ4v) is 4.51. The molecule has 1 saturated carbocycles. The van der Waals surface area contributed by atoms with Gasteiger partial charge in [-0.25, -0.2) is 8.42 Å². The summed E-state index contributed by atoms with van der Waals surface area (Å²) in [7, 11) is -3.06. The van der Waals surface area contributed by atoms with E-state index in [2.05, 4.69) is 5.32 Å². The zero-order valence-electron chi connectivity index (χ0n) is 14.3. The van der Waals surface area contributed by atoms with Crippen molar-refractivity contribution in [1.82, 2.24) is 5.32 Å². The van der Waals surface area contributed by atoms with Gasteiger partial charge in [0.2, 0.25) is 0 Å². The second kappa shape index (κ2) is 6.24. The molecule has 0 spiro atoms. The number of hydrogen-bond acceptors (Lipinski definition) is 4. The number of furan rings is 1. The van der Waals surface area contributed by atoms with Crippen molar-refractivity contribution in [3.63, 3.8) is 0 Å². The largest absolute Gasteiger partial charge is 0.451 e. The second-order valence-electron chi connectivity index (χ2n) is 6.87. The number of rotatable bonds is 3. The molecule has 1 aliphatic carbocycles. The van der Waals surface area contributed by atoms with Gasteiger partial charge in [0.05, 0.1) is 5.25 Å². The maximum absolute atomic E-state index is 12.5. The molecule has 1 fully saturated rings. The molecule has 130 valence electrons. The van der Waals surface area contributed by atoms with Gasteiger partial charge >= 0.3 is 0 Å². The molecule has 0 saturated heterocycles. The van der Waals surface area contributed by atoms with Crippen LogP contribution >= 0.6 is 0 Å². The number of amides is 1. The van der Waals surface area contributed by atoms with Crippen molar-refractivity contribution < 1.29 is 17.6 Å². The Balaban J connectivity index is 1.75. The lowest BCUT2D eigenvalue weighted by Gasteiger charge is -2.28. The number of hydrogen-bond donors (Lipinski definition) is 1. The van der Waals surface area contributed by atoms with Gasteiger partial charge in [0.15, 0.2) is 5.76 Å². The summed E-state index contributed by atoms with van der Waals surface area (Å²) in [6.07, 6.45) is 4.03. The minimum atomic E-state index is -3.06. The molecule has 1 aromatic carbocycles. The maximum atomic E-state index is 12.5. The topological polar surface area (TPSA) is 76.4 Å². The molecule has 6 heteroatoms. The lowest BCUT2D eigenvalue weighted by molar-refractivity contribution is 0.0902. The highest BCUT2D eigenvalue weighted by molar-refractivity contribution is 7.91. The number of sulfone groups is 1. The average Bonchev–Trinajstić information content (AvgIpc) is 2.90. The first-order valence-corrected chi connectivity index (χ1v) is 10.2. The Morgan fingerprint density at radius 1 is 1.17 bits per heavy atom. The molecule has 1 N–H and O–H groups in total. The summed E-state index contributed by atoms with van der Waals surface area (Å²) in [6.45, 7) is 4.03. The van der Waals surface area contributed by atoms with Crippen LogP contribution in [-0.2, 0) is 9.84 Å². The van der Waals surface area contributed by atoms with Crippen molar-refractivity contribution >= 4 is 26.7 Å². The van der Waals surface area contributed by atoms with E-state index in [0.717, 1.165) is 29.4 Å². The van der Waals surface area contributed by atoms with E-state index in [0.29, 0.717) is 18.4 Å². The molecule has 1 amide bonds. The van der Waals surface area contributed by atoms with Crippen LogP contribution in [0.5, 0.6) is 0 Å². The van der Waals surface area contributed by atoms with Crippen LogP contribution in [0, 0.1) is 13.8 Å². The molecule has 1 heterocycles. The monoisotopic (exact) mass is 349 g/mol. The van der Waals surface area contributed by atoms with Crippen molar-refractivity contribution in [2.24, 2.45) is 0 Å². The second-order valence-corrected chi connectivity index (χ2v) is 9.20. The van der Waals surface area contributed by atoms with E-state index in [1.54, 1.807) is 6.07 Å². The molecular formula is C18H23NO4S. The van der Waals surface area contributed by atoms with Crippen LogP contribution in [-0.4, -0.2) is 31.9 Å². The summed E-state index contributed by atoms with van der Waals surface area (Å²) in [5, 5.41) is 3.47. The number of nitrogens with one attached hydrogen (secondary N) is 1. The Hall–Kier alpha value is -1.82. The highest BCUT2D eigenvalue weighted by Gasteiger charge is 2.30. The standard InChI is InChI=1S/C18H23NO4S/c1-11-7-13-9-17(23-16(13)8-12(11)2)18(20)19-14-5-4-6-15(10-14)24(3,21)22/h7-9,14-15H,4-6,10H2,1-3H3,(H,19,20)/t14-,15+/m1/s1. The number of carbonyl (C=O) groups is 1. The molecule has 2 aromatic rings. The Labute approximate surface area is 142 Å². The quantitative estimate of drug-likeness (QED) is 0.923. The number of carbonyl (C=O) groups excluding carboxylic acids is 1. The fourth-order valence-electron chi connectivity index (χ4n) is 3.34. The summed E-state index contributed by atoms with van der Waals surface area (Å²) in [6, 6.07) is 5.56. The summed E-state index contributed by atoms with van der Waals surface area (Å²) < 4.78 is 29.1. The molecule has 0 aliphatic heterocycles. The lowest BCUT2D eigenvalue weighted by atomic mass is 9.95. The van der Waals surface area contributed by atoms with Gasteiger partial charge in [-0.15, -0.1) is 0 Å². The summed E-state index contributed by atoms with van der Waals surface area (Å²) in [5.41, 5.74) is 2.96. The zero-order chi connectivity index (χ0) is 17.5. The van der Waals surface area contributed by atoms with E-state index in [1.165, 1.54) is 6.26 Å². The van der Waals surface area contributed by atoms with Crippen molar-refractivity contribution in [3.05, 3.63) is 35.1 Å². The predicted molar refractivity (Wildman–Crippen MR) is 94.0 cm³/mol. The third kappa shape index (κ3) is 3.48. The van der Waals surface area contributed by atoms with E-state index in [4.69, 9.17) is 4.42 Å². The van der Waals surface area contributed by atoms with Crippen LogP contribution in [0.1, 0.15) is 47.4 Å². The van der Waals surface area contributed by atoms with Gasteiger partial charge in [-0.3, -0.25) is 4.79 Å². The van der Waals surface area contributed by atoms with E-state index in [1.807, 2.05) is 26.0 Å². The SMILES string of the molecule is Cc1cc2cc(C(=O)N[C@@H]3CCC[C@H](S(C)(=O)=O)C3)oc2cc1C. The zero-order valence-corrected chi connectivity index (χ0v) is 15.1. The minimum Gasteiger partial charge on any atom is -0.451 e. The molecule has 0 bridgehead atoms. The molecular weight excluding hydrogens is 326 g/mol. The lowest BCUT2D eigenvalue weighted by Crippen LogP contribution is -2.41. The predicted octanol–water partition coefficient (Wildman–Crippen LogP) is 3.14. The molecule has 24 heavy (non-hydrogen) atoms. The van der Waals surface area contributed by atoms with Crippen LogP contribution in [0.3, 0.4) is 0 Å². The molecule has 0 radical (unpaired) electrons. The van der Waals surface area contributed by atoms with Crippen LogP contribution < -0.4 is 5.32 Å². The average molecular weight is 349 g/mol. The van der Waals surface area contributed by atoms with Gasteiger partial charge in [0.25, 0.3) is 5.91 Å². The highest BCUT2D eigenvalue weighted by atomic mass is 32.2. The van der Waals surface area contributed by atoms with Gasteiger partial charge in [-0.1, -0.05) is 6.42 Å². The first-order valence-electron chi connectivity index (χ1n) is 8.24. The smallest absolute Gasteiger partial charge is 0.287 e. The highest BCUT2D eigenvalue weighted by Crippen LogP contribution is 2.26. The Morgan fingerprint density at radius 3 is 2.58 bits per heavy atom. The molecule has 5 nitrogen and oxygen atoms in total. The molecule has 1 aromatic heterocycles. The summed E-state index contributed by atoms with van der Waals surface area (Å²) >= 11 is 0. The van der Waals surface area contributed by atoms with Crippen LogP contribution in [0.15, 0.2) is 22.6 Å². The van der Waals surface area contributed by atoms with Gasteiger partial charge in [-0.2, -0.15) is 0 Å². The summed E-state index contributed by atoms with van der Waals surface area (Å²) in [5.74, 6) is -0.00265. The van der Waals surface area contributed by atoms with Crippen LogP contribution in [0.2, 0.25) is 0 Å². The number of benzene rings is 1. The van der Waals surface area contributed by atoms with E-state index >= 15 is 0 Å². The molecule has 0 unspecified atom stereocenters. The fraction of sp³-hybridized carbons (Fsp3) is 0.500. The van der Waals surface area contributed by atoms with E-state index in [-0.39, 0.29) is 23.0 Å². The third-order valence-corrected chi connectivity index (χ3v) is 6.56. The first kappa shape index (κ1) is 17.0. The minimum absolute atomic E-state index is 0.123. The molecule has 1 aliphatic rings. The molecule has 2 atom stereocenters. The Kier molecular flexibility index (Phi) is 4.42. The van der Waals surface area contributed by atoms with Crippen molar-refractivity contribution in [2.45, 2.75) is 50.8 Å². The molecule has 3 rings (SSSR count). The van der Waals surface area contributed by atoms with Crippen LogP contribution in [0.25, 0.3) is 11.0 Å². The van der Waals surface area contributed by atoms with Crippen molar-refractivity contribution in [3.8, 4) is 0 Å². The van der Waals surface area contributed by atoms with E-state index < -0.39 is 9.84 Å².